The van der Waals surface area contributed by atoms with Crippen LogP contribution in [-0.2, 0) is 22.8 Å². The van der Waals surface area contributed by atoms with E-state index < -0.39 is 53.8 Å². The Morgan fingerprint density at radius 2 is 1.58 bits per heavy atom. The number of anilines is 1. The summed E-state index contributed by atoms with van der Waals surface area (Å²) in [6.45, 7) is 6.24. The third-order valence-corrected chi connectivity index (χ3v) is 8.61. The van der Waals surface area contributed by atoms with Gasteiger partial charge in [0.05, 0.1) is 28.8 Å². The van der Waals surface area contributed by atoms with Gasteiger partial charge < -0.3 is 20.3 Å². The van der Waals surface area contributed by atoms with E-state index in [1.54, 1.807) is 7.05 Å². The first-order valence-corrected chi connectivity index (χ1v) is 16.8. The summed E-state index contributed by atoms with van der Waals surface area (Å²) < 4.78 is 97.0. The normalized spacial score (nSPS) is 18.5. The molecule has 0 saturated heterocycles. The highest BCUT2D eigenvalue weighted by Gasteiger charge is 2.41. The lowest BCUT2D eigenvalue weighted by Crippen LogP contribution is -2.47. The topological polar surface area (TPSA) is 108 Å². The van der Waals surface area contributed by atoms with Crippen LogP contribution in [0.3, 0.4) is 0 Å². The number of hydrogen-bond donors (Lipinski definition) is 5. The molecule has 1 aliphatic carbocycles. The minimum Gasteiger partial charge on any atom is -0.483 e. The van der Waals surface area contributed by atoms with Crippen LogP contribution in [-0.4, -0.2) is 52.8 Å². The Labute approximate surface area is 303 Å². The highest BCUT2D eigenvalue weighted by molar-refractivity contribution is 7.78. The number of aryl methyl sites for hydroxylation is 2. The van der Waals surface area contributed by atoms with Gasteiger partial charge in [0.15, 0.2) is 0 Å². The molecule has 1 heterocycles. The summed E-state index contributed by atoms with van der Waals surface area (Å²) >= 11 is 3.54. The monoisotopic (exact) mass is 759 g/mol. The Kier molecular flexibility index (Phi) is 16.6. The van der Waals surface area contributed by atoms with Crippen molar-refractivity contribution >= 4 is 41.9 Å². The molecular weight excluding hydrogens is 715 g/mol. The highest BCUT2D eigenvalue weighted by atomic mass is 32.1. The average Bonchev–Trinajstić information content (AvgIpc) is 3.37. The minimum absolute atomic E-state index is 0.0451. The van der Waals surface area contributed by atoms with Gasteiger partial charge in [-0.1, -0.05) is 63.9 Å². The highest BCUT2D eigenvalue weighted by Crippen LogP contribution is 2.43. The number of carbonyl (C=O) groups is 2. The molecule has 1 saturated carbocycles. The van der Waals surface area contributed by atoms with Crippen LogP contribution >= 0.6 is 12.8 Å². The predicted molar refractivity (Wildman–Crippen MR) is 191 cm³/mol. The molecule has 1 aromatic heterocycles. The van der Waals surface area contributed by atoms with Gasteiger partial charge >= 0.3 is 12.4 Å². The molecule has 4 aromatic rings. The van der Waals surface area contributed by atoms with Gasteiger partial charge in [0.25, 0.3) is 6.47 Å². The van der Waals surface area contributed by atoms with Crippen molar-refractivity contribution in [2.24, 2.45) is 18.9 Å². The summed E-state index contributed by atoms with van der Waals surface area (Å²) in [6, 6.07) is 14.7. The van der Waals surface area contributed by atoms with Crippen LogP contribution in [0, 0.1) is 24.6 Å². The zero-order chi connectivity index (χ0) is 39.4. The first-order valence-electron chi connectivity index (χ1n) is 16.3. The van der Waals surface area contributed by atoms with E-state index in [1.165, 1.54) is 0 Å². The van der Waals surface area contributed by atoms with Gasteiger partial charge in [-0.3, -0.25) is 14.3 Å². The fraction of sp³-hybridized carbons (Fsp3) is 0.417. The van der Waals surface area contributed by atoms with Crippen LogP contribution in [0.15, 0.2) is 60.7 Å². The number of carbonyl (C=O) groups excluding carboxylic acids is 1. The number of aromatic nitrogens is 2. The molecule has 3 unspecified atom stereocenters. The van der Waals surface area contributed by atoms with E-state index in [2.05, 4.69) is 33.2 Å². The Morgan fingerprint density at radius 1 is 1.00 bits per heavy atom. The fourth-order valence-electron chi connectivity index (χ4n) is 6.07. The van der Waals surface area contributed by atoms with E-state index in [9.17, 15) is 35.5 Å². The smallest absolute Gasteiger partial charge is 0.416 e. The lowest BCUT2D eigenvalue weighted by Gasteiger charge is -2.40. The second-order valence-electron chi connectivity index (χ2n) is 11.8. The number of amides is 1. The van der Waals surface area contributed by atoms with E-state index in [4.69, 9.17) is 9.90 Å². The lowest BCUT2D eigenvalue weighted by molar-refractivity contribution is -0.137. The van der Waals surface area contributed by atoms with Crippen molar-refractivity contribution in [3.05, 3.63) is 83.4 Å². The summed E-state index contributed by atoms with van der Waals surface area (Å²) in [4.78, 5) is 26.3. The fourth-order valence-corrected chi connectivity index (χ4v) is 6.07. The van der Waals surface area contributed by atoms with Crippen molar-refractivity contribution in [3.8, 4) is 11.1 Å². The number of rotatable bonds is 6. The molecule has 0 radical (unpaired) electrons. The summed E-state index contributed by atoms with van der Waals surface area (Å²) in [7, 11) is 3.68. The molecule has 8 nitrogen and oxygen atoms in total. The van der Waals surface area contributed by atoms with Crippen LogP contribution in [0.4, 0.5) is 36.4 Å². The van der Waals surface area contributed by atoms with Crippen molar-refractivity contribution in [2.45, 2.75) is 64.8 Å². The number of imidazole rings is 1. The zero-order valence-electron chi connectivity index (χ0n) is 29.5. The number of nitrogens with zero attached hydrogens (tertiary/aromatic N) is 2. The molecule has 1 fully saturated rings. The van der Waals surface area contributed by atoms with E-state index in [-0.39, 0.29) is 24.7 Å². The molecule has 5 rings (SSSR count). The molecule has 0 spiro atoms. The number of thiol groups is 1. The lowest BCUT2D eigenvalue weighted by atomic mass is 9.68. The third-order valence-electron chi connectivity index (χ3n) is 8.61. The second kappa shape index (κ2) is 19.6. The quantitative estimate of drug-likeness (QED) is 0.0765. The minimum atomic E-state index is -4.76. The van der Waals surface area contributed by atoms with Crippen LogP contribution in [0.25, 0.3) is 22.2 Å². The van der Waals surface area contributed by atoms with E-state index in [0.29, 0.717) is 18.6 Å². The maximum Gasteiger partial charge on any atom is 0.416 e. The Bertz CT molecular complexity index is 1750. The van der Waals surface area contributed by atoms with Crippen LogP contribution in [0.5, 0.6) is 0 Å². The van der Waals surface area contributed by atoms with Crippen molar-refractivity contribution in [1.29, 1.82) is 0 Å². The summed E-state index contributed by atoms with van der Waals surface area (Å²) in [5.74, 6) is -2.57. The van der Waals surface area contributed by atoms with Gasteiger partial charge in [0.1, 0.15) is 11.6 Å². The third kappa shape index (κ3) is 12.0. The number of hydrogen-bond acceptors (Lipinski definition) is 6. The molecule has 1 aliphatic rings. The number of alkyl halides is 6. The van der Waals surface area contributed by atoms with Gasteiger partial charge in [-0.05, 0) is 85.7 Å². The van der Waals surface area contributed by atoms with Gasteiger partial charge in [-0.25, -0.2) is 9.37 Å². The van der Waals surface area contributed by atoms with Gasteiger partial charge in [-0.2, -0.15) is 26.3 Å². The SMILES string of the molecule is CC.CNS.Cc1nc2cc(-c3ccc(C4CC(NCC(F)(F)F)CC(C(=O)Nc5ccc(C(F)(F)F)cc5F)[C@@H]4C)cc3)ccc2n1C.O=CO. The summed E-state index contributed by atoms with van der Waals surface area (Å²) in [5.41, 5.74) is 2.91. The van der Waals surface area contributed by atoms with E-state index in [0.717, 1.165) is 39.6 Å². The molecule has 4 N–H and O–H groups in total. The number of halogens is 7. The first-order chi connectivity index (χ1) is 24.4. The molecular formula is C36H44F7N5O3S. The molecule has 52 heavy (non-hydrogen) atoms. The molecule has 4 atom stereocenters. The van der Waals surface area contributed by atoms with E-state index in [1.807, 2.05) is 81.8 Å². The first kappa shape index (κ1) is 44.0. The van der Waals surface area contributed by atoms with Gasteiger partial charge in [0.2, 0.25) is 5.91 Å². The molecule has 1 amide bonds. The van der Waals surface area contributed by atoms with Gasteiger partial charge in [-0.15, -0.1) is 0 Å². The van der Waals surface area contributed by atoms with Crippen molar-refractivity contribution in [2.75, 3.05) is 18.9 Å². The van der Waals surface area contributed by atoms with Crippen LogP contribution < -0.4 is 15.4 Å². The average molecular weight is 760 g/mol. The molecule has 286 valence electrons. The Morgan fingerprint density at radius 3 is 2.12 bits per heavy atom. The number of benzene rings is 3. The number of fused-ring (bicyclic) bond motifs is 1. The molecule has 16 heteroatoms. The molecule has 3 aromatic carbocycles. The zero-order valence-corrected chi connectivity index (χ0v) is 30.4. The largest absolute Gasteiger partial charge is 0.483 e. The van der Waals surface area contributed by atoms with Crippen LogP contribution in [0.1, 0.15) is 56.5 Å². The second-order valence-corrected chi connectivity index (χ2v) is 12.2. The Hall–Kier alpha value is -4.15. The van der Waals surface area contributed by atoms with E-state index >= 15 is 0 Å². The van der Waals surface area contributed by atoms with Crippen molar-refractivity contribution in [3.63, 3.8) is 0 Å². The maximum absolute atomic E-state index is 14.5. The van der Waals surface area contributed by atoms with Crippen LogP contribution in [0.2, 0.25) is 0 Å². The summed E-state index contributed by atoms with van der Waals surface area (Å²) in [6.07, 6.45) is -8.85. The predicted octanol–water partition coefficient (Wildman–Crippen LogP) is 8.77. The number of nitrogens with one attached hydrogen (secondary N) is 3. The molecule has 0 bridgehead atoms. The summed E-state index contributed by atoms with van der Waals surface area (Å²) in [5, 5.41) is 11.8. The maximum atomic E-state index is 14.5. The Balaban J connectivity index is 0.00000108. The van der Waals surface area contributed by atoms with Crippen molar-refractivity contribution < 1.29 is 45.4 Å². The standard InChI is InChI=1S/C32H31F7N4O.C2H6.CH5NS.CH2O2/c1-17-24(20-6-4-19(5-7-20)21-8-11-29-28(12-21)41-18(2)43(29)3)14-23(40-16-31(34,35)36)15-25(17)30(44)42-27-10-9-22(13-26(27)33)32(37,38)39;1-2;1-2-3;2-1-3/h4-13,17,23-25,40H,14-16H2,1-3H3,(H,42,44);1-2H3;2-3H,1H3;1H,(H,2,3)/t17-,23?,24?,25?;;;/m1.../s1. The number of carboxylic acid groups (broad SMARTS) is 1. The molecule has 0 aliphatic heterocycles. The van der Waals surface area contributed by atoms with Crippen molar-refractivity contribution in [1.82, 2.24) is 19.6 Å². The van der Waals surface area contributed by atoms with Gasteiger partial charge in [0, 0.05) is 19.0 Å².